The van der Waals surface area contributed by atoms with Gasteiger partial charge in [-0.05, 0) is 63.0 Å². The summed E-state index contributed by atoms with van der Waals surface area (Å²) < 4.78 is 6.45. The number of hydrogen-bond donors (Lipinski definition) is 1. The number of hydrogen-bond acceptors (Lipinski definition) is 5. The fraction of sp³-hybridized carbons (Fsp3) is 0.0435. The Morgan fingerprint density at radius 1 is 1.13 bits per heavy atom. The summed E-state index contributed by atoms with van der Waals surface area (Å²) in [7, 11) is 0. The number of carboxylic acid groups (broad SMARTS) is 1. The number of ether oxygens (including phenoxy) is 1. The summed E-state index contributed by atoms with van der Waals surface area (Å²) in [5.41, 5.74) is 2.41. The maximum atomic E-state index is 11.0. The second-order valence-electron chi connectivity index (χ2n) is 6.46. The molecule has 3 aromatic carbocycles. The minimum Gasteiger partial charge on any atom is -0.488 e. The Labute approximate surface area is 186 Å². The number of benzene rings is 3. The van der Waals surface area contributed by atoms with Crippen molar-refractivity contribution < 1.29 is 19.6 Å². The summed E-state index contributed by atoms with van der Waals surface area (Å²) in [6.07, 6.45) is 1.64. The Morgan fingerprint density at radius 2 is 1.87 bits per heavy atom. The van der Waals surface area contributed by atoms with Gasteiger partial charge < -0.3 is 9.84 Å². The molecule has 3 rings (SSSR count). The average Bonchev–Trinajstić information content (AvgIpc) is 2.77. The molecule has 0 saturated carbocycles. The number of nitrogens with zero attached hydrogens (tertiary/aromatic N) is 2. The van der Waals surface area contributed by atoms with E-state index in [-0.39, 0.29) is 17.9 Å². The lowest BCUT2D eigenvalue weighted by Crippen LogP contribution is -1.99. The van der Waals surface area contributed by atoms with Crippen molar-refractivity contribution in [2.24, 2.45) is 0 Å². The Hall–Kier alpha value is -3.96. The first-order valence-electron chi connectivity index (χ1n) is 8.98. The van der Waals surface area contributed by atoms with Gasteiger partial charge in [0.15, 0.2) is 0 Å². The predicted molar refractivity (Wildman–Crippen MR) is 118 cm³/mol. The molecule has 0 unspecified atom stereocenters. The molecule has 0 atom stereocenters. The molecular formula is C23H15BrN2O5. The van der Waals surface area contributed by atoms with Crippen molar-refractivity contribution in [1.29, 1.82) is 5.26 Å². The quantitative estimate of drug-likeness (QED) is 0.201. The van der Waals surface area contributed by atoms with E-state index < -0.39 is 10.9 Å². The van der Waals surface area contributed by atoms with Gasteiger partial charge in [0.2, 0.25) is 0 Å². The molecule has 0 fully saturated rings. The van der Waals surface area contributed by atoms with Gasteiger partial charge in [-0.2, -0.15) is 5.26 Å². The minimum atomic E-state index is -0.985. The minimum absolute atomic E-state index is 0.0834. The number of aromatic carboxylic acids is 1. The normalized spacial score (nSPS) is 10.9. The first-order chi connectivity index (χ1) is 14.9. The highest BCUT2D eigenvalue weighted by atomic mass is 79.9. The van der Waals surface area contributed by atoms with Crippen LogP contribution in [0.3, 0.4) is 0 Å². The van der Waals surface area contributed by atoms with Crippen molar-refractivity contribution in [3.05, 3.63) is 104 Å². The Morgan fingerprint density at radius 3 is 2.48 bits per heavy atom. The van der Waals surface area contributed by atoms with Gasteiger partial charge in [-0.3, -0.25) is 10.1 Å². The van der Waals surface area contributed by atoms with Crippen molar-refractivity contribution in [2.45, 2.75) is 6.61 Å². The standard InChI is InChI=1S/C23H15BrN2O5/c24-21-11-16(10-19(13-25)18-2-1-3-20(12-18)26(29)30)6-9-22(21)31-14-15-4-7-17(8-5-15)23(27)28/h1-12H,14H2,(H,27,28). The molecule has 0 aliphatic rings. The fourth-order valence-electron chi connectivity index (χ4n) is 2.76. The van der Waals surface area contributed by atoms with Crippen LogP contribution >= 0.6 is 15.9 Å². The third-order valence-electron chi connectivity index (χ3n) is 4.35. The second-order valence-corrected chi connectivity index (χ2v) is 7.31. The zero-order valence-electron chi connectivity index (χ0n) is 16.0. The van der Waals surface area contributed by atoms with Gasteiger partial charge in [-0.15, -0.1) is 0 Å². The maximum absolute atomic E-state index is 11.0. The fourth-order valence-corrected chi connectivity index (χ4v) is 3.27. The molecule has 0 saturated heterocycles. The van der Waals surface area contributed by atoms with Crippen LogP contribution < -0.4 is 4.74 Å². The number of allylic oxidation sites excluding steroid dienone is 1. The lowest BCUT2D eigenvalue weighted by Gasteiger charge is -2.09. The summed E-state index contributed by atoms with van der Waals surface area (Å²) in [6, 6.07) is 19.7. The van der Waals surface area contributed by atoms with Crippen LogP contribution in [0.5, 0.6) is 5.75 Å². The van der Waals surface area contributed by atoms with E-state index in [1.54, 1.807) is 42.5 Å². The predicted octanol–water partition coefficient (Wildman–Crippen LogP) is 5.70. The van der Waals surface area contributed by atoms with Crippen LogP contribution in [0.15, 0.2) is 71.2 Å². The number of non-ortho nitro benzene ring substituents is 1. The van der Waals surface area contributed by atoms with E-state index in [9.17, 15) is 20.2 Å². The number of halogens is 1. The van der Waals surface area contributed by atoms with Crippen LogP contribution in [0.2, 0.25) is 0 Å². The van der Waals surface area contributed by atoms with Gasteiger partial charge >= 0.3 is 5.97 Å². The highest BCUT2D eigenvalue weighted by Crippen LogP contribution is 2.29. The summed E-state index contributed by atoms with van der Waals surface area (Å²) >= 11 is 3.45. The van der Waals surface area contributed by atoms with Gasteiger partial charge in [-0.25, -0.2) is 4.79 Å². The molecule has 31 heavy (non-hydrogen) atoms. The van der Waals surface area contributed by atoms with Crippen molar-refractivity contribution in [1.82, 2.24) is 0 Å². The number of carbonyl (C=O) groups is 1. The van der Waals surface area contributed by atoms with Crippen LogP contribution in [0.1, 0.15) is 27.0 Å². The van der Waals surface area contributed by atoms with Gasteiger partial charge in [0.1, 0.15) is 12.4 Å². The van der Waals surface area contributed by atoms with Crippen molar-refractivity contribution in [2.75, 3.05) is 0 Å². The summed E-state index contributed by atoms with van der Waals surface area (Å²) in [6.45, 7) is 0.255. The molecule has 3 aromatic rings. The number of nitro groups is 1. The van der Waals surface area contributed by atoms with Gasteiger partial charge in [0, 0.05) is 12.1 Å². The molecular weight excluding hydrogens is 464 g/mol. The molecule has 0 aliphatic carbocycles. The smallest absolute Gasteiger partial charge is 0.335 e. The van der Waals surface area contributed by atoms with Gasteiger partial charge in [-0.1, -0.05) is 30.3 Å². The van der Waals surface area contributed by atoms with Crippen LogP contribution in [-0.2, 0) is 6.61 Å². The largest absolute Gasteiger partial charge is 0.488 e. The molecule has 1 N–H and O–H groups in total. The highest BCUT2D eigenvalue weighted by Gasteiger charge is 2.10. The zero-order valence-corrected chi connectivity index (χ0v) is 17.6. The van der Waals surface area contributed by atoms with E-state index in [0.717, 1.165) is 5.56 Å². The van der Waals surface area contributed by atoms with E-state index in [2.05, 4.69) is 22.0 Å². The second kappa shape index (κ2) is 9.69. The van der Waals surface area contributed by atoms with Crippen molar-refractivity contribution >= 4 is 39.2 Å². The Balaban J connectivity index is 1.76. The van der Waals surface area contributed by atoms with Crippen LogP contribution in [0.4, 0.5) is 5.69 Å². The lowest BCUT2D eigenvalue weighted by molar-refractivity contribution is -0.384. The monoisotopic (exact) mass is 478 g/mol. The topological polar surface area (TPSA) is 113 Å². The third kappa shape index (κ3) is 5.56. The highest BCUT2D eigenvalue weighted by molar-refractivity contribution is 9.10. The number of carboxylic acids is 1. The molecule has 7 nitrogen and oxygen atoms in total. The molecule has 0 heterocycles. The number of nitriles is 1. The van der Waals surface area contributed by atoms with Crippen LogP contribution in [0.25, 0.3) is 11.6 Å². The molecule has 0 aromatic heterocycles. The molecule has 0 spiro atoms. The van der Waals surface area contributed by atoms with E-state index in [0.29, 0.717) is 26.9 Å². The Bertz CT molecular complexity index is 1210. The summed E-state index contributed by atoms with van der Waals surface area (Å²) in [4.78, 5) is 21.4. The lowest BCUT2D eigenvalue weighted by atomic mass is 10.0. The molecule has 0 amide bonds. The Kier molecular flexibility index (Phi) is 6.80. The van der Waals surface area contributed by atoms with E-state index in [1.165, 1.54) is 30.3 Å². The zero-order chi connectivity index (χ0) is 22.4. The van der Waals surface area contributed by atoms with Crippen molar-refractivity contribution in [3.63, 3.8) is 0 Å². The molecule has 0 radical (unpaired) electrons. The summed E-state index contributed by atoms with van der Waals surface area (Å²) in [5, 5.41) is 29.4. The van der Waals surface area contributed by atoms with E-state index >= 15 is 0 Å². The van der Waals surface area contributed by atoms with Gasteiger partial charge in [0.05, 0.1) is 26.6 Å². The van der Waals surface area contributed by atoms with Crippen molar-refractivity contribution in [3.8, 4) is 11.8 Å². The van der Waals surface area contributed by atoms with E-state index in [1.807, 2.05) is 0 Å². The molecule has 8 heteroatoms. The first-order valence-corrected chi connectivity index (χ1v) is 9.78. The SMILES string of the molecule is N#CC(=Cc1ccc(OCc2ccc(C(=O)O)cc2)c(Br)c1)c1cccc([N+](=O)[O-])c1. The molecule has 154 valence electrons. The average molecular weight is 479 g/mol. The number of rotatable bonds is 7. The number of nitro benzene ring substituents is 1. The van der Waals surface area contributed by atoms with E-state index in [4.69, 9.17) is 9.84 Å². The summed E-state index contributed by atoms with van der Waals surface area (Å²) in [5.74, 6) is -0.408. The molecule has 0 aliphatic heterocycles. The third-order valence-corrected chi connectivity index (χ3v) is 4.97. The van der Waals surface area contributed by atoms with Gasteiger partial charge in [0.25, 0.3) is 5.69 Å². The maximum Gasteiger partial charge on any atom is 0.335 e. The van der Waals surface area contributed by atoms with Crippen LogP contribution in [0, 0.1) is 21.4 Å². The van der Waals surface area contributed by atoms with Crippen LogP contribution in [-0.4, -0.2) is 16.0 Å². The molecule has 0 bridgehead atoms. The first kappa shape index (κ1) is 21.7.